The predicted molar refractivity (Wildman–Crippen MR) is 60.3 cm³/mol. The first-order valence-corrected chi connectivity index (χ1v) is 4.84. The number of halogens is 1. The van der Waals surface area contributed by atoms with Crippen LogP contribution >= 0.6 is 0 Å². The maximum atomic E-state index is 12.8. The summed E-state index contributed by atoms with van der Waals surface area (Å²) in [5.74, 6) is -0.311. The minimum absolute atomic E-state index is 0.311. The second kappa shape index (κ2) is 4.57. The van der Waals surface area contributed by atoms with Gasteiger partial charge in [-0.05, 0) is 24.3 Å². The van der Waals surface area contributed by atoms with Gasteiger partial charge in [0.05, 0.1) is 0 Å². The quantitative estimate of drug-likeness (QED) is 0.466. The Kier molecular flexibility index (Phi) is 2.96. The Labute approximate surface area is 92.7 Å². The van der Waals surface area contributed by atoms with Gasteiger partial charge in [0, 0.05) is 11.1 Å². The highest BCUT2D eigenvalue weighted by Crippen LogP contribution is 2.11. The summed E-state index contributed by atoms with van der Waals surface area (Å²) in [5, 5.41) is 12.2. The number of oxime groups is 1. The molecule has 2 rings (SSSR count). The van der Waals surface area contributed by atoms with E-state index < -0.39 is 0 Å². The maximum Gasteiger partial charge on any atom is 0.123 e. The molecule has 2 nitrogen and oxygen atoms in total. The van der Waals surface area contributed by atoms with Crippen LogP contribution in [-0.4, -0.2) is 10.9 Å². The molecule has 0 heterocycles. The molecule has 0 radical (unpaired) electrons. The molecule has 0 saturated heterocycles. The average Bonchev–Trinajstić information content (AvgIpc) is 2.34. The molecule has 0 aliphatic rings. The molecule has 0 fully saturated rings. The fraction of sp³-hybridized carbons (Fsp3) is 0. The zero-order valence-electron chi connectivity index (χ0n) is 8.47. The van der Waals surface area contributed by atoms with Crippen LogP contribution in [0, 0.1) is 5.82 Å². The molecule has 0 saturated carbocycles. The minimum Gasteiger partial charge on any atom is -0.410 e. The molecule has 0 aliphatic heterocycles. The summed E-state index contributed by atoms with van der Waals surface area (Å²) < 4.78 is 12.8. The highest BCUT2D eigenvalue weighted by Gasteiger charge is 2.06. The highest BCUT2D eigenvalue weighted by atomic mass is 19.1. The lowest BCUT2D eigenvalue weighted by Gasteiger charge is -2.04. The topological polar surface area (TPSA) is 32.6 Å². The third-order valence-electron chi connectivity index (χ3n) is 2.26. The van der Waals surface area contributed by atoms with Crippen molar-refractivity contribution in [3.05, 3.63) is 71.5 Å². The molecule has 0 unspecified atom stereocenters. The molecule has 0 amide bonds. The standard InChI is InChI=1S/C13H10FNO/c14-12-8-6-11(7-9-12)13(15-16)10-4-2-1-3-5-10/h1-9,16H/b15-13-. The van der Waals surface area contributed by atoms with Gasteiger partial charge in [-0.1, -0.05) is 35.5 Å². The molecule has 1 N–H and O–H groups in total. The van der Waals surface area contributed by atoms with E-state index >= 15 is 0 Å². The summed E-state index contributed by atoms with van der Waals surface area (Å²) in [5.41, 5.74) is 1.90. The SMILES string of the molecule is O/N=C(/c1ccccc1)c1ccc(F)cc1. The third kappa shape index (κ3) is 2.08. The van der Waals surface area contributed by atoms with Gasteiger partial charge in [0.15, 0.2) is 0 Å². The lowest BCUT2D eigenvalue weighted by molar-refractivity contribution is 0.319. The van der Waals surface area contributed by atoms with Crippen LogP contribution in [0.5, 0.6) is 0 Å². The Hall–Kier alpha value is -2.16. The fourth-order valence-corrected chi connectivity index (χ4v) is 1.49. The second-order valence-electron chi connectivity index (χ2n) is 3.32. The molecule has 3 heteroatoms. The molecule has 0 bridgehead atoms. The molecular formula is C13H10FNO. The van der Waals surface area contributed by atoms with Crippen molar-refractivity contribution < 1.29 is 9.60 Å². The van der Waals surface area contributed by atoms with Crippen molar-refractivity contribution in [2.75, 3.05) is 0 Å². The van der Waals surface area contributed by atoms with Crippen molar-refractivity contribution in [3.63, 3.8) is 0 Å². The van der Waals surface area contributed by atoms with E-state index in [2.05, 4.69) is 5.16 Å². The van der Waals surface area contributed by atoms with E-state index in [1.165, 1.54) is 12.1 Å². The van der Waals surface area contributed by atoms with Gasteiger partial charge in [-0.3, -0.25) is 0 Å². The largest absolute Gasteiger partial charge is 0.410 e. The van der Waals surface area contributed by atoms with E-state index in [-0.39, 0.29) is 5.82 Å². The Morgan fingerprint density at radius 3 is 2.00 bits per heavy atom. The Morgan fingerprint density at radius 1 is 0.875 bits per heavy atom. The van der Waals surface area contributed by atoms with Crippen LogP contribution in [0.3, 0.4) is 0 Å². The molecule has 0 aliphatic carbocycles. The van der Waals surface area contributed by atoms with Crippen molar-refractivity contribution in [2.45, 2.75) is 0 Å². The fourth-order valence-electron chi connectivity index (χ4n) is 1.49. The predicted octanol–water partition coefficient (Wildman–Crippen LogP) is 3.05. The molecule has 0 aromatic heterocycles. The van der Waals surface area contributed by atoms with Gasteiger partial charge >= 0.3 is 0 Å². The summed E-state index contributed by atoms with van der Waals surface area (Å²) in [6.45, 7) is 0. The van der Waals surface area contributed by atoms with Crippen molar-refractivity contribution in [1.82, 2.24) is 0 Å². The van der Waals surface area contributed by atoms with Crippen LogP contribution in [-0.2, 0) is 0 Å². The smallest absolute Gasteiger partial charge is 0.123 e. The minimum atomic E-state index is -0.311. The molecule has 2 aromatic rings. The molecular weight excluding hydrogens is 205 g/mol. The number of benzene rings is 2. The first-order valence-electron chi connectivity index (χ1n) is 4.84. The van der Waals surface area contributed by atoms with Crippen molar-refractivity contribution in [1.29, 1.82) is 0 Å². The first kappa shape index (κ1) is 10.4. The van der Waals surface area contributed by atoms with E-state index in [1.54, 1.807) is 12.1 Å². The monoisotopic (exact) mass is 215 g/mol. The molecule has 0 spiro atoms. The normalized spacial score (nSPS) is 11.4. The van der Waals surface area contributed by atoms with E-state index in [0.717, 1.165) is 5.56 Å². The van der Waals surface area contributed by atoms with Gasteiger partial charge in [-0.15, -0.1) is 0 Å². The van der Waals surface area contributed by atoms with E-state index in [9.17, 15) is 4.39 Å². The van der Waals surface area contributed by atoms with E-state index in [0.29, 0.717) is 11.3 Å². The number of hydrogen-bond donors (Lipinski definition) is 1. The van der Waals surface area contributed by atoms with Crippen molar-refractivity contribution in [2.24, 2.45) is 5.16 Å². The zero-order valence-corrected chi connectivity index (χ0v) is 8.47. The maximum absolute atomic E-state index is 12.8. The van der Waals surface area contributed by atoms with Crippen LogP contribution in [0.2, 0.25) is 0 Å². The number of nitrogens with zero attached hydrogens (tertiary/aromatic N) is 1. The third-order valence-corrected chi connectivity index (χ3v) is 2.26. The number of hydrogen-bond acceptors (Lipinski definition) is 2. The van der Waals surface area contributed by atoms with E-state index in [4.69, 9.17) is 5.21 Å². The van der Waals surface area contributed by atoms with Gasteiger partial charge in [-0.2, -0.15) is 0 Å². The van der Waals surface area contributed by atoms with Crippen molar-refractivity contribution >= 4 is 5.71 Å². The molecule has 80 valence electrons. The van der Waals surface area contributed by atoms with Gasteiger partial charge < -0.3 is 5.21 Å². The van der Waals surface area contributed by atoms with Crippen LogP contribution in [0.15, 0.2) is 59.8 Å². The average molecular weight is 215 g/mol. The van der Waals surface area contributed by atoms with Gasteiger partial charge in [-0.25, -0.2) is 4.39 Å². The molecule has 16 heavy (non-hydrogen) atoms. The van der Waals surface area contributed by atoms with E-state index in [1.807, 2.05) is 30.3 Å². The first-order chi connectivity index (χ1) is 7.81. The highest BCUT2D eigenvalue weighted by molar-refractivity contribution is 6.12. The van der Waals surface area contributed by atoms with Crippen LogP contribution in [0.4, 0.5) is 4.39 Å². The number of rotatable bonds is 2. The second-order valence-corrected chi connectivity index (χ2v) is 3.32. The lowest BCUT2D eigenvalue weighted by Crippen LogP contribution is -2.02. The van der Waals surface area contributed by atoms with Crippen LogP contribution in [0.25, 0.3) is 0 Å². The summed E-state index contributed by atoms with van der Waals surface area (Å²) in [4.78, 5) is 0. The summed E-state index contributed by atoms with van der Waals surface area (Å²) in [6.07, 6.45) is 0. The van der Waals surface area contributed by atoms with Gasteiger partial charge in [0.25, 0.3) is 0 Å². The molecule has 0 atom stereocenters. The zero-order chi connectivity index (χ0) is 11.4. The van der Waals surface area contributed by atoms with Gasteiger partial charge in [0.2, 0.25) is 0 Å². The van der Waals surface area contributed by atoms with Crippen LogP contribution < -0.4 is 0 Å². The van der Waals surface area contributed by atoms with Crippen LogP contribution in [0.1, 0.15) is 11.1 Å². The Morgan fingerprint density at radius 2 is 1.44 bits per heavy atom. The lowest BCUT2D eigenvalue weighted by atomic mass is 10.0. The Bertz CT molecular complexity index is 491. The van der Waals surface area contributed by atoms with Gasteiger partial charge in [0.1, 0.15) is 11.5 Å². The summed E-state index contributed by atoms with van der Waals surface area (Å²) in [7, 11) is 0. The summed E-state index contributed by atoms with van der Waals surface area (Å²) in [6, 6.07) is 15.1. The summed E-state index contributed by atoms with van der Waals surface area (Å²) >= 11 is 0. The Balaban J connectivity index is 2.42. The van der Waals surface area contributed by atoms with Crippen molar-refractivity contribution in [3.8, 4) is 0 Å². The molecule has 2 aromatic carbocycles.